The number of nitrogens with one attached hydrogen (secondary N) is 1. The Hall–Kier alpha value is -3.78. The third kappa shape index (κ3) is 7.72. The molecular formula is C31H38F3N5O5S. The summed E-state index contributed by atoms with van der Waals surface area (Å²) in [6.45, 7) is 5.17. The molecule has 10 nitrogen and oxygen atoms in total. The number of amidine groups is 1. The van der Waals surface area contributed by atoms with Crippen LogP contribution >= 0.6 is 11.3 Å². The van der Waals surface area contributed by atoms with Crippen molar-refractivity contribution in [1.82, 2.24) is 20.1 Å². The number of carbonyl (C=O) groups excluding carboxylic acids is 2. The molecule has 14 heteroatoms. The van der Waals surface area contributed by atoms with E-state index in [1.54, 1.807) is 45.3 Å². The number of nitrogens with zero attached hydrogens (tertiary/aromatic N) is 4. The minimum Gasteiger partial charge on any atom is -0.481 e. The number of hydrogen-bond donors (Lipinski definition) is 2. The van der Waals surface area contributed by atoms with Gasteiger partial charge in [0.1, 0.15) is 11.9 Å². The average molecular weight is 650 g/mol. The Labute approximate surface area is 264 Å². The maximum Gasteiger partial charge on any atom is 0.338 e. The van der Waals surface area contributed by atoms with Crippen LogP contribution in [0.1, 0.15) is 55.8 Å². The number of aliphatic imine (C=N–C) groups is 1. The normalized spacial score (nSPS) is 20.4. The number of thiazole rings is 1. The highest BCUT2D eigenvalue weighted by Gasteiger charge is 2.49. The number of hydrogen-bond acceptors (Lipinski definition) is 9. The van der Waals surface area contributed by atoms with E-state index in [4.69, 9.17) is 9.73 Å². The lowest BCUT2D eigenvalue weighted by atomic mass is 9.92. The maximum absolute atomic E-state index is 15.5. The topological polar surface area (TPSA) is 124 Å². The number of aromatic nitrogens is 1. The van der Waals surface area contributed by atoms with Crippen molar-refractivity contribution in [2.75, 3.05) is 39.3 Å². The summed E-state index contributed by atoms with van der Waals surface area (Å²) in [4.78, 5) is 49.5. The Balaban J connectivity index is 1.69. The molecule has 0 bridgehead atoms. The zero-order valence-electron chi connectivity index (χ0n) is 25.7. The minimum atomic E-state index is -3.21. The third-order valence-electron chi connectivity index (χ3n) is 8.13. The summed E-state index contributed by atoms with van der Waals surface area (Å²) in [7, 11) is 0. The van der Waals surface area contributed by atoms with Crippen molar-refractivity contribution in [3.8, 4) is 0 Å². The molecule has 1 fully saturated rings. The predicted molar refractivity (Wildman–Crippen MR) is 162 cm³/mol. The molecule has 1 saturated heterocycles. The van der Waals surface area contributed by atoms with E-state index in [9.17, 15) is 23.9 Å². The fourth-order valence-corrected chi connectivity index (χ4v) is 6.24. The summed E-state index contributed by atoms with van der Waals surface area (Å²) in [5, 5.41) is 14.9. The number of carbonyl (C=O) groups is 3. The van der Waals surface area contributed by atoms with E-state index >= 15 is 8.78 Å². The molecule has 0 radical (unpaired) electrons. The summed E-state index contributed by atoms with van der Waals surface area (Å²) in [6.07, 6.45) is 1.89. The standard InChI is InChI=1S/C31H38F3N5O5S/c1-5-19(29(41)42)13-39(24(40)6-2)15-20-14-38(17-31(20,33)34)16-23-25(30(43)44-7-3)26(21-9-8-10-22(32)18(21)4)37-27(36-23)28-35-11-12-45-28/h8-12,19-20,26H,5-7,13-17H2,1-4H3,(H,36,37)(H,41,42)/t19?,20-,26-/m0/s1. The van der Waals surface area contributed by atoms with Gasteiger partial charge in [-0.05, 0) is 37.5 Å². The number of esters is 1. The summed E-state index contributed by atoms with van der Waals surface area (Å²) in [5.74, 6) is -7.73. The molecule has 2 aromatic rings. The number of carboxylic acids is 1. The predicted octanol–water partition coefficient (Wildman–Crippen LogP) is 4.42. The second-order valence-electron chi connectivity index (χ2n) is 11.1. The average Bonchev–Trinajstić information content (AvgIpc) is 3.63. The lowest BCUT2D eigenvalue weighted by Crippen LogP contribution is -2.44. The Bertz CT molecular complexity index is 1470. The number of alkyl halides is 2. The molecule has 1 aromatic heterocycles. The van der Waals surface area contributed by atoms with Gasteiger partial charge < -0.3 is 20.1 Å². The number of rotatable bonds is 13. The van der Waals surface area contributed by atoms with Gasteiger partial charge in [-0.2, -0.15) is 0 Å². The quantitative estimate of drug-likeness (QED) is 0.306. The molecule has 2 aliphatic rings. The molecular weight excluding hydrogens is 611 g/mol. The zero-order valence-corrected chi connectivity index (χ0v) is 26.5. The second kappa shape index (κ2) is 14.5. The van der Waals surface area contributed by atoms with Gasteiger partial charge in [-0.25, -0.2) is 22.9 Å². The summed E-state index contributed by atoms with van der Waals surface area (Å²) in [5.41, 5.74) is 1.06. The van der Waals surface area contributed by atoms with Crippen LogP contribution in [0.3, 0.4) is 0 Å². The van der Waals surface area contributed by atoms with Crippen LogP contribution < -0.4 is 5.32 Å². The van der Waals surface area contributed by atoms with Gasteiger partial charge in [-0.1, -0.05) is 26.0 Å². The first kappa shape index (κ1) is 34.1. The highest BCUT2D eigenvalue weighted by molar-refractivity contribution is 7.11. The van der Waals surface area contributed by atoms with Gasteiger partial charge in [0.05, 0.1) is 30.6 Å². The Morgan fingerprint density at radius 2 is 2.02 bits per heavy atom. The first-order chi connectivity index (χ1) is 21.4. The van der Waals surface area contributed by atoms with Crippen LogP contribution in [0.2, 0.25) is 0 Å². The molecule has 2 aliphatic heterocycles. The van der Waals surface area contributed by atoms with E-state index < -0.39 is 54.0 Å². The summed E-state index contributed by atoms with van der Waals surface area (Å²) in [6, 6.07) is 3.49. The first-order valence-electron chi connectivity index (χ1n) is 14.9. The molecule has 0 saturated carbocycles. The smallest absolute Gasteiger partial charge is 0.338 e. The molecule has 1 aromatic carbocycles. The molecule has 4 rings (SSSR count). The van der Waals surface area contributed by atoms with Crippen molar-refractivity contribution in [3.63, 3.8) is 0 Å². The van der Waals surface area contributed by atoms with Gasteiger partial charge in [0.15, 0.2) is 10.8 Å². The lowest BCUT2D eigenvalue weighted by molar-refractivity contribution is -0.144. The van der Waals surface area contributed by atoms with Crippen molar-refractivity contribution in [2.24, 2.45) is 16.8 Å². The second-order valence-corrected chi connectivity index (χ2v) is 12.0. The Morgan fingerprint density at radius 1 is 1.27 bits per heavy atom. The van der Waals surface area contributed by atoms with Crippen LogP contribution in [0.4, 0.5) is 13.2 Å². The van der Waals surface area contributed by atoms with E-state index in [1.165, 1.54) is 33.3 Å². The lowest BCUT2D eigenvalue weighted by Gasteiger charge is -2.30. The van der Waals surface area contributed by atoms with Gasteiger partial charge in [0, 0.05) is 49.9 Å². The van der Waals surface area contributed by atoms with E-state index in [1.807, 2.05) is 0 Å². The molecule has 244 valence electrons. The van der Waals surface area contributed by atoms with Crippen molar-refractivity contribution >= 4 is 35.0 Å². The van der Waals surface area contributed by atoms with Crippen molar-refractivity contribution < 1.29 is 37.4 Å². The van der Waals surface area contributed by atoms with E-state index in [0.29, 0.717) is 16.4 Å². The van der Waals surface area contributed by atoms with Gasteiger partial charge in [-0.3, -0.25) is 19.5 Å². The molecule has 2 N–H and O–H groups in total. The van der Waals surface area contributed by atoms with Crippen LogP contribution in [0, 0.1) is 24.6 Å². The third-order valence-corrected chi connectivity index (χ3v) is 8.91. The fourth-order valence-electron chi connectivity index (χ4n) is 5.65. The molecule has 3 heterocycles. The Kier molecular flexibility index (Phi) is 11.0. The number of ether oxygens (including phenoxy) is 1. The van der Waals surface area contributed by atoms with E-state index in [2.05, 4.69) is 10.3 Å². The molecule has 0 spiro atoms. The number of likely N-dealkylation sites (tertiary alicyclic amines) is 1. The first-order valence-corrected chi connectivity index (χ1v) is 15.8. The van der Waals surface area contributed by atoms with Crippen molar-refractivity contribution in [1.29, 1.82) is 0 Å². The Morgan fingerprint density at radius 3 is 2.64 bits per heavy atom. The van der Waals surface area contributed by atoms with Crippen LogP contribution in [0.15, 0.2) is 46.0 Å². The van der Waals surface area contributed by atoms with Gasteiger partial charge >= 0.3 is 11.9 Å². The van der Waals surface area contributed by atoms with Gasteiger partial charge in [-0.15, -0.1) is 11.3 Å². The molecule has 1 amide bonds. The van der Waals surface area contributed by atoms with E-state index in [-0.39, 0.29) is 62.5 Å². The summed E-state index contributed by atoms with van der Waals surface area (Å²) >= 11 is 1.29. The molecule has 3 atom stereocenters. The molecule has 1 unspecified atom stereocenters. The van der Waals surface area contributed by atoms with E-state index in [0.717, 1.165) is 0 Å². The molecule has 45 heavy (non-hydrogen) atoms. The highest BCUT2D eigenvalue weighted by atomic mass is 32.1. The number of benzene rings is 1. The monoisotopic (exact) mass is 649 g/mol. The summed E-state index contributed by atoms with van der Waals surface area (Å²) < 4.78 is 51.2. The maximum atomic E-state index is 15.5. The number of amides is 1. The van der Waals surface area contributed by atoms with Crippen LogP contribution in [-0.4, -0.2) is 88.8 Å². The molecule has 0 aliphatic carbocycles. The van der Waals surface area contributed by atoms with Crippen LogP contribution in [-0.2, 0) is 19.1 Å². The van der Waals surface area contributed by atoms with Gasteiger partial charge in [0.25, 0.3) is 5.92 Å². The largest absolute Gasteiger partial charge is 0.481 e. The minimum absolute atomic E-state index is 0.0494. The number of halogens is 3. The number of aliphatic carboxylic acids is 1. The van der Waals surface area contributed by atoms with Gasteiger partial charge in [0.2, 0.25) is 5.91 Å². The van der Waals surface area contributed by atoms with Crippen molar-refractivity contribution in [2.45, 2.75) is 52.5 Å². The SMILES string of the molecule is CCOC(=O)C1=C(CN2C[C@@H](CN(CC(CC)C(=O)O)C(=O)CC)C(F)(F)C2)NC(c2nccs2)=N[C@H]1c1cccc(F)c1C. The fraction of sp³-hybridized carbons (Fsp3) is 0.516. The van der Waals surface area contributed by atoms with Crippen LogP contribution in [0.5, 0.6) is 0 Å². The van der Waals surface area contributed by atoms with Crippen LogP contribution in [0.25, 0.3) is 0 Å². The highest BCUT2D eigenvalue weighted by Crippen LogP contribution is 2.38. The number of carboxylic acid groups (broad SMARTS) is 1. The zero-order chi connectivity index (χ0) is 32.9. The van der Waals surface area contributed by atoms with Crippen molar-refractivity contribution in [3.05, 3.63) is 63.0 Å².